The first-order valence-electron chi connectivity index (χ1n) is 11.5. The highest BCUT2D eigenvalue weighted by atomic mass is 19.1. The maximum absolute atomic E-state index is 15.1. The molecule has 12 heteroatoms. The number of nitrogens with two attached hydrogens (primary N) is 1. The molecule has 0 spiro atoms. The summed E-state index contributed by atoms with van der Waals surface area (Å²) in [4.78, 5) is 17.7. The predicted molar refractivity (Wildman–Crippen MR) is 129 cm³/mol. The smallest absolute Gasteiger partial charge is 0.246 e. The number of hydrogen-bond donors (Lipinski definition) is 4. The van der Waals surface area contributed by atoms with Crippen molar-refractivity contribution in [2.75, 3.05) is 31.6 Å². The van der Waals surface area contributed by atoms with E-state index in [0.717, 1.165) is 0 Å². The van der Waals surface area contributed by atoms with Crippen molar-refractivity contribution >= 4 is 22.8 Å². The number of carbonyl (C=O) groups excluding carboxylic acids is 1. The van der Waals surface area contributed by atoms with E-state index in [1.807, 2.05) is 6.92 Å². The highest BCUT2D eigenvalue weighted by Gasteiger charge is 2.31. The topological polar surface area (TPSA) is 134 Å². The molecule has 1 aliphatic rings. The number of carbonyl (C=O) groups is 1. The molecule has 1 unspecified atom stereocenters. The minimum Gasteiger partial charge on any atom is -0.395 e. The summed E-state index contributed by atoms with van der Waals surface area (Å²) >= 11 is 0. The van der Waals surface area contributed by atoms with Gasteiger partial charge < -0.3 is 30.7 Å². The molecule has 2 atom stereocenters. The zero-order chi connectivity index (χ0) is 26.0. The van der Waals surface area contributed by atoms with Gasteiger partial charge in [0.25, 0.3) is 0 Å². The van der Waals surface area contributed by atoms with Crippen LogP contribution in [0.15, 0.2) is 25.0 Å². The van der Waals surface area contributed by atoms with Crippen molar-refractivity contribution in [1.82, 2.24) is 24.2 Å². The van der Waals surface area contributed by atoms with E-state index in [2.05, 4.69) is 33.8 Å². The van der Waals surface area contributed by atoms with Crippen molar-refractivity contribution in [3.63, 3.8) is 0 Å². The second-order valence-corrected chi connectivity index (χ2v) is 8.28. The van der Waals surface area contributed by atoms with E-state index in [1.54, 1.807) is 14.1 Å². The molecule has 1 amide bonds. The van der Waals surface area contributed by atoms with Gasteiger partial charge in [0.2, 0.25) is 5.91 Å². The minimum atomic E-state index is -1.52. The van der Waals surface area contributed by atoms with E-state index in [1.165, 1.54) is 18.5 Å². The number of amides is 1. The van der Waals surface area contributed by atoms with E-state index < -0.39 is 23.4 Å². The molecule has 0 bridgehead atoms. The molecule has 0 saturated carbocycles. The van der Waals surface area contributed by atoms with Crippen LogP contribution < -0.4 is 11.1 Å². The zero-order valence-electron chi connectivity index (χ0n) is 19.7. The van der Waals surface area contributed by atoms with Gasteiger partial charge in [-0.05, 0) is 25.3 Å². The molecule has 10 nitrogen and oxygen atoms in total. The molecule has 1 saturated heterocycles. The molecule has 4 rings (SSSR count). The Labute approximate surface area is 206 Å². The monoisotopic (exact) mass is 499 g/mol. The number of nitrogens with one attached hydrogen (secondary N) is 1. The van der Waals surface area contributed by atoms with Gasteiger partial charge in [0.15, 0.2) is 5.82 Å². The number of aliphatic hydroxyl groups is 2. The zero-order valence-corrected chi connectivity index (χ0v) is 19.7. The van der Waals surface area contributed by atoms with Crippen molar-refractivity contribution in [2.45, 2.75) is 32.2 Å². The normalized spacial score (nSPS) is 16.2. The Bertz CT molecular complexity index is 1370. The molecule has 1 fully saturated rings. The minimum absolute atomic E-state index is 0.00426. The third-order valence-corrected chi connectivity index (χ3v) is 6.10. The van der Waals surface area contributed by atoms with Crippen LogP contribution in [-0.4, -0.2) is 66.6 Å². The van der Waals surface area contributed by atoms with Crippen molar-refractivity contribution in [2.24, 2.45) is 5.73 Å². The SMILES string of the molecule is C=CC(=O)N1CC[C@H](n2nc(C#Cc3c(F)cc4c(ncn4CC)c3F)c(C(N)O)c2NCCO)C1. The van der Waals surface area contributed by atoms with Gasteiger partial charge >= 0.3 is 0 Å². The number of anilines is 1. The molecular weight excluding hydrogens is 472 g/mol. The van der Waals surface area contributed by atoms with E-state index >= 15 is 4.39 Å². The van der Waals surface area contributed by atoms with E-state index in [-0.39, 0.29) is 41.9 Å². The lowest BCUT2D eigenvalue weighted by Crippen LogP contribution is -2.27. The maximum Gasteiger partial charge on any atom is 0.246 e. The summed E-state index contributed by atoms with van der Waals surface area (Å²) in [7, 11) is 0. The standard InChI is InChI=1S/C24H27F2N7O3/c1-3-19(35)32-9-7-14(12-32)33-24(28-8-10-34)20(23(27)36)17(30-33)6-5-15-16(25)11-18-22(21(15)26)29-13-31(18)4-2/h3,11,13-14,23,28,34,36H,1,4,7-10,12,27H2,2H3/t14-,23?/m0/s1. The molecule has 1 aliphatic heterocycles. The summed E-state index contributed by atoms with van der Waals surface area (Å²) in [5.74, 6) is 3.47. The van der Waals surface area contributed by atoms with Crippen LogP contribution in [-0.2, 0) is 11.3 Å². The number of likely N-dealkylation sites (tertiary alicyclic amines) is 1. The summed E-state index contributed by atoms with van der Waals surface area (Å²) in [6.45, 7) is 6.55. The molecule has 190 valence electrons. The third-order valence-electron chi connectivity index (χ3n) is 6.10. The Balaban J connectivity index is 1.79. The van der Waals surface area contributed by atoms with Gasteiger partial charge in [-0.3, -0.25) is 4.79 Å². The van der Waals surface area contributed by atoms with Crippen molar-refractivity contribution in [1.29, 1.82) is 0 Å². The first kappa shape index (κ1) is 25.3. The van der Waals surface area contributed by atoms with Crippen LogP contribution >= 0.6 is 0 Å². The molecular formula is C24H27F2N7O3. The number of hydrogen-bond acceptors (Lipinski definition) is 7. The second-order valence-electron chi connectivity index (χ2n) is 8.28. The van der Waals surface area contributed by atoms with Gasteiger partial charge in [0, 0.05) is 32.2 Å². The lowest BCUT2D eigenvalue weighted by atomic mass is 10.1. The van der Waals surface area contributed by atoms with Crippen molar-refractivity contribution in [3.05, 3.63) is 53.5 Å². The Morgan fingerprint density at radius 1 is 1.44 bits per heavy atom. The Kier molecular flexibility index (Phi) is 7.35. The number of aromatic nitrogens is 4. The van der Waals surface area contributed by atoms with Gasteiger partial charge in [-0.1, -0.05) is 12.5 Å². The number of nitrogens with zero attached hydrogens (tertiary/aromatic N) is 5. The second kappa shape index (κ2) is 10.4. The summed E-state index contributed by atoms with van der Waals surface area (Å²) in [6.07, 6.45) is 1.69. The molecule has 36 heavy (non-hydrogen) atoms. The van der Waals surface area contributed by atoms with Gasteiger partial charge in [0.1, 0.15) is 29.1 Å². The van der Waals surface area contributed by atoms with Crippen LogP contribution in [0.5, 0.6) is 0 Å². The first-order valence-corrected chi connectivity index (χ1v) is 11.5. The Hall–Kier alpha value is -3.79. The number of aliphatic hydroxyl groups excluding tert-OH is 2. The van der Waals surface area contributed by atoms with E-state index in [0.29, 0.717) is 37.4 Å². The fourth-order valence-electron chi connectivity index (χ4n) is 4.32. The first-order chi connectivity index (χ1) is 17.3. The summed E-state index contributed by atoms with van der Waals surface area (Å²) in [5, 5.41) is 27.1. The van der Waals surface area contributed by atoms with E-state index in [4.69, 9.17) is 5.73 Å². The van der Waals surface area contributed by atoms with Gasteiger partial charge in [-0.2, -0.15) is 5.10 Å². The Morgan fingerprint density at radius 2 is 2.22 bits per heavy atom. The molecule has 1 aromatic carbocycles. The Morgan fingerprint density at radius 3 is 2.89 bits per heavy atom. The van der Waals surface area contributed by atoms with Crippen LogP contribution in [0.25, 0.3) is 11.0 Å². The maximum atomic E-state index is 15.1. The number of aryl methyl sites for hydroxylation is 1. The lowest BCUT2D eigenvalue weighted by molar-refractivity contribution is -0.125. The quantitative estimate of drug-likeness (QED) is 0.218. The number of imidazole rings is 1. The van der Waals surface area contributed by atoms with Crippen LogP contribution in [0.2, 0.25) is 0 Å². The van der Waals surface area contributed by atoms with Crippen molar-refractivity contribution < 1.29 is 23.8 Å². The van der Waals surface area contributed by atoms with Gasteiger partial charge in [-0.25, -0.2) is 18.4 Å². The van der Waals surface area contributed by atoms with Crippen LogP contribution in [0.4, 0.5) is 14.6 Å². The fourth-order valence-corrected chi connectivity index (χ4v) is 4.32. The van der Waals surface area contributed by atoms with Gasteiger partial charge in [-0.15, -0.1) is 0 Å². The average Bonchev–Trinajstić information content (AvgIpc) is 3.58. The van der Waals surface area contributed by atoms with Crippen LogP contribution in [0, 0.1) is 23.5 Å². The summed E-state index contributed by atoms with van der Waals surface area (Å²) < 4.78 is 33.1. The lowest BCUT2D eigenvalue weighted by Gasteiger charge is -2.18. The molecule has 3 heterocycles. The molecule has 0 aliphatic carbocycles. The van der Waals surface area contributed by atoms with Crippen molar-refractivity contribution in [3.8, 4) is 11.8 Å². The number of halogens is 2. The molecule has 3 aromatic rings. The predicted octanol–water partition coefficient (Wildman–Crippen LogP) is 1.24. The highest BCUT2D eigenvalue weighted by molar-refractivity contribution is 5.87. The molecule has 5 N–H and O–H groups in total. The summed E-state index contributed by atoms with van der Waals surface area (Å²) in [5.41, 5.74) is 5.76. The highest BCUT2D eigenvalue weighted by Crippen LogP contribution is 2.31. The van der Waals surface area contributed by atoms with Gasteiger partial charge in [0.05, 0.1) is 35.6 Å². The fraction of sp³-hybridized carbons (Fsp3) is 0.375. The number of benzene rings is 1. The number of fused-ring (bicyclic) bond motifs is 1. The largest absolute Gasteiger partial charge is 0.395 e. The summed E-state index contributed by atoms with van der Waals surface area (Å²) in [6, 6.07) is 0.889. The molecule has 0 radical (unpaired) electrons. The molecule has 2 aromatic heterocycles. The number of rotatable bonds is 7. The van der Waals surface area contributed by atoms with E-state index in [9.17, 15) is 19.4 Å². The van der Waals surface area contributed by atoms with Crippen LogP contribution in [0.1, 0.15) is 42.4 Å². The third kappa shape index (κ3) is 4.56. The van der Waals surface area contributed by atoms with Crippen LogP contribution in [0.3, 0.4) is 0 Å². The average molecular weight is 500 g/mol.